The number of aromatic nitrogens is 2. The molecular formula is C13H16N4O3. The predicted molar refractivity (Wildman–Crippen MR) is 71.8 cm³/mol. The van der Waals surface area contributed by atoms with Gasteiger partial charge in [-0.2, -0.15) is 4.98 Å². The molecule has 2 rings (SSSR count). The van der Waals surface area contributed by atoms with Gasteiger partial charge in [-0.1, -0.05) is 11.2 Å². The molecule has 0 unspecified atom stereocenters. The van der Waals surface area contributed by atoms with Crippen LogP contribution in [0.1, 0.15) is 18.1 Å². The third-order valence-electron chi connectivity index (χ3n) is 2.47. The number of hydrogen-bond donors (Lipinski definition) is 2. The lowest BCUT2D eigenvalue weighted by Crippen LogP contribution is -2.25. The zero-order chi connectivity index (χ0) is 14.4. The second-order valence-electron chi connectivity index (χ2n) is 4.18. The molecule has 7 heteroatoms. The fourth-order valence-corrected chi connectivity index (χ4v) is 1.55. The molecular weight excluding hydrogens is 260 g/mol. The average Bonchev–Trinajstić information content (AvgIpc) is 2.82. The highest BCUT2D eigenvalue weighted by molar-refractivity contribution is 5.75. The van der Waals surface area contributed by atoms with Crippen molar-refractivity contribution < 1.29 is 14.1 Å². The molecule has 1 amide bonds. The van der Waals surface area contributed by atoms with Crippen LogP contribution in [0.15, 0.2) is 28.8 Å². The molecule has 0 saturated heterocycles. The summed E-state index contributed by atoms with van der Waals surface area (Å²) >= 11 is 0. The lowest BCUT2D eigenvalue weighted by Gasteiger charge is -2.06. The zero-order valence-corrected chi connectivity index (χ0v) is 11.1. The maximum absolute atomic E-state index is 11.6. The van der Waals surface area contributed by atoms with Crippen LogP contribution in [0.2, 0.25) is 0 Å². The second-order valence-corrected chi connectivity index (χ2v) is 4.18. The number of hydrogen-bond acceptors (Lipinski definition) is 6. The number of aryl methyl sites for hydroxylation is 1. The van der Waals surface area contributed by atoms with Gasteiger partial charge in [0, 0.05) is 18.7 Å². The molecule has 1 aromatic carbocycles. The Bertz CT molecular complexity index is 583. The van der Waals surface area contributed by atoms with Crippen LogP contribution in [-0.2, 0) is 11.3 Å². The smallest absolute Gasteiger partial charge is 0.223 e. The third kappa shape index (κ3) is 4.27. The summed E-state index contributed by atoms with van der Waals surface area (Å²) in [5.41, 5.74) is 6.25. The van der Waals surface area contributed by atoms with Crippen molar-refractivity contribution in [2.45, 2.75) is 19.9 Å². The zero-order valence-electron chi connectivity index (χ0n) is 11.1. The number of nitrogens with zero attached hydrogens (tertiary/aromatic N) is 2. The Kier molecular flexibility index (Phi) is 4.54. The molecule has 2 aromatic rings. The van der Waals surface area contributed by atoms with Crippen LogP contribution in [0.5, 0.6) is 5.75 Å². The van der Waals surface area contributed by atoms with Crippen molar-refractivity contribution in [1.82, 2.24) is 15.5 Å². The summed E-state index contributed by atoms with van der Waals surface area (Å²) in [4.78, 5) is 15.6. The molecule has 0 fully saturated rings. The van der Waals surface area contributed by atoms with Crippen molar-refractivity contribution in [1.29, 1.82) is 0 Å². The Hall–Kier alpha value is -2.57. The molecule has 0 aliphatic rings. The molecule has 0 aliphatic heterocycles. The quantitative estimate of drug-likeness (QED) is 0.764. The van der Waals surface area contributed by atoms with Crippen molar-refractivity contribution in [3.8, 4) is 5.75 Å². The third-order valence-corrected chi connectivity index (χ3v) is 2.47. The van der Waals surface area contributed by atoms with E-state index in [0.717, 1.165) is 0 Å². The van der Waals surface area contributed by atoms with Gasteiger partial charge in [-0.25, -0.2) is 0 Å². The van der Waals surface area contributed by atoms with E-state index in [4.69, 9.17) is 15.0 Å². The minimum Gasteiger partial charge on any atom is -0.493 e. The number of nitrogens with two attached hydrogens (primary N) is 1. The Labute approximate surface area is 116 Å². The fourth-order valence-electron chi connectivity index (χ4n) is 1.55. The summed E-state index contributed by atoms with van der Waals surface area (Å²) in [6, 6.07) is 7.06. The first kappa shape index (κ1) is 13.9. The van der Waals surface area contributed by atoms with Gasteiger partial charge in [0.05, 0.1) is 19.6 Å². The van der Waals surface area contributed by atoms with Crippen molar-refractivity contribution in [2.75, 3.05) is 12.3 Å². The number of benzene rings is 1. The first-order valence-electron chi connectivity index (χ1n) is 6.18. The van der Waals surface area contributed by atoms with Crippen LogP contribution in [0.4, 0.5) is 5.69 Å². The molecule has 0 bridgehead atoms. The Morgan fingerprint density at radius 3 is 3.05 bits per heavy atom. The predicted octanol–water partition coefficient (Wildman–Crippen LogP) is 1.05. The lowest BCUT2D eigenvalue weighted by atomic mass is 10.3. The van der Waals surface area contributed by atoms with Crippen molar-refractivity contribution in [3.63, 3.8) is 0 Å². The summed E-state index contributed by atoms with van der Waals surface area (Å²) in [5.74, 6) is 1.43. The summed E-state index contributed by atoms with van der Waals surface area (Å²) in [6.07, 6.45) is 0.242. The topological polar surface area (TPSA) is 103 Å². The van der Waals surface area contributed by atoms with E-state index < -0.39 is 0 Å². The van der Waals surface area contributed by atoms with E-state index in [1.54, 1.807) is 31.2 Å². The van der Waals surface area contributed by atoms with E-state index in [0.29, 0.717) is 23.2 Å². The molecule has 7 nitrogen and oxygen atoms in total. The Balaban J connectivity index is 1.67. The number of rotatable bonds is 6. The highest BCUT2D eigenvalue weighted by atomic mass is 16.5. The molecule has 0 radical (unpaired) electrons. The van der Waals surface area contributed by atoms with Crippen LogP contribution in [0.25, 0.3) is 0 Å². The van der Waals surface area contributed by atoms with Crippen molar-refractivity contribution >= 4 is 11.6 Å². The van der Waals surface area contributed by atoms with Gasteiger partial charge in [-0.3, -0.25) is 4.79 Å². The summed E-state index contributed by atoms with van der Waals surface area (Å²) in [7, 11) is 0. The number of amides is 1. The van der Waals surface area contributed by atoms with E-state index in [1.807, 2.05) is 0 Å². The van der Waals surface area contributed by atoms with E-state index >= 15 is 0 Å². The van der Waals surface area contributed by atoms with Crippen LogP contribution < -0.4 is 15.8 Å². The number of ether oxygens (including phenoxy) is 1. The minimum absolute atomic E-state index is 0.142. The molecule has 1 heterocycles. The van der Waals surface area contributed by atoms with Crippen LogP contribution in [0.3, 0.4) is 0 Å². The van der Waals surface area contributed by atoms with Crippen LogP contribution in [-0.4, -0.2) is 22.7 Å². The van der Waals surface area contributed by atoms with Gasteiger partial charge in [0.15, 0.2) is 5.82 Å². The number of carbonyl (C=O) groups is 1. The van der Waals surface area contributed by atoms with E-state index in [2.05, 4.69) is 15.5 Å². The summed E-state index contributed by atoms with van der Waals surface area (Å²) in [6.45, 7) is 2.22. The maximum atomic E-state index is 11.6. The first-order valence-corrected chi connectivity index (χ1v) is 6.18. The van der Waals surface area contributed by atoms with E-state index in [-0.39, 0.29) is 25.5 Å². The average molecular weight is 276 g/mol. The van der Waals surface area contributed by atoms with Crippen molar-refractivity contribution in [3.05, 3.63) is 36.0 Å². The second kappa shape index (κ2) is 6.55. The first-order chi connectivity index (χ1) is 9.63. The molecule has 1 aromatic heterocycles. The molecule has 20 heavy (non-hydrogen) atoms. The molecule has 0 atom stereocenters. The summed E-state index contributed by atoms with van der Waals surface area (Å²) in [5, 5.41) is 6.36. The lowest BCUT2D eigenvalue weighted by molar-refractivity contribution is -0.121. The largest absolute Gasteiger partial charge is 0.493 e. The highest BCUT2D eigenvalue weighted by Crippen LogP contribution is 2.14. The Morgan fingerprint density at radius 1 is 1.50 bits per heavy atom. The Morgan fingerprint density at radius 2 is 2.35 bits per heavy atom. The minimum atomic E-state index is -0.142. The van der Waals surface area contributed by atoms with Gasteiger partial charge in [-0.15, -0.1) is 0 Å². The maximum Gasteiger partial charge on any atom is 0.223 e. The molecule has 106 valence electrons. The van der Waals surface area contributed by atoms with Crippen molar-refractivity contribution in [2.24, 2.45) is 0 Å². The fraction of sp³-hybridized carbons (Fsp3) is 0.308. The van der Waals surface area contributed by atoms with Gasteiger partial charge in [-0.05, 0) is 12.1 Å². The number of nitrogens with one attached hydrogen (secondary N) is 1. The normalized spacial score (nSPS) is 10.2. The van der Waals surface area contributed by atoms with Crippen LogP contribution in [0, 0.1) is 6.92 Å². The van der Waals surface area contributed by atoms with E-state index in [1.165, 1.54) is 0 Å². The van der Waals surface area contributed by atoms with Gasteiger partial charge in [0.2, 0.25) is 11.8 Å². The van der Waals surface area contributed by atoms with Gasteiger partial charge in [0.25, 0.3) is 0 Å². The highest BCUT2D eigenvalue weighted by Gasteiger charge is 2.06. The van der Waals surface area contributed by atoms with E-state index in [9.17, 15) is 4.79 Å². The van der Waals surface area contributed by atoms with Crippen LogP contribution >= 0.6 is 0 Å². The SMILES string of the molecule is Cc1nc(CNC(=O)CCOc2cccc(N)c2)no1. The standard InChI is InChI=1S/C13H16N4O3/c1-9-16-12(17-20-9)8-15-13(18)5-6-19-11-4-2-3-10(14)7-11/h2-4,7H,5-6,8,14H2,1H3,(H,15,18). The molecule has 0 spiro atoms. The molecule has 0 aliphatic carbocycles. The number of nitrogen functional groups attached to an aromatic ring is 1. The van der Waals surface area contributed by atoms with Gasteiger partial charge < -0.3 is 20.3 Å². The number of anilines is 1. The number of carbonyl (C=O) groups excluding carboxylic acids is 1. The molecule has 3 N–H and O–H groups in total. The molecule has 0 saturated carbocycles. The monoisotopic (exact) mass is 276 g/mol. The van der Waals surface area contributed by atoms with Gasteiger partial charge in [0.1, 0.15) is 5.75 Å². The summed E-state index contributed by atoms with van der Waals surface area (Å²) < 4.78 is 10.2. The van der Waals surface area contributed by atoms with Gasteiger partial charge >= 0.3 is 0 Å².